The molecule has 3 nitrogen and oxygen atoms in total. The highest BCUT2D eigenvalue weighted by molar-refractivity contribution is 5.81. The van der Waals surface area contributed by atoms with Gasteiger partial charge in [-0.1, -0.05) is 46.8 Å². The molecule has 1 spiro atoms. The van der Waals surface area contributed by atoms with Gasteiger partial charge in [0.1, 0.15) is 6.10 Å². The van der Waals surface area contributed by atoms with Crippen LogP contribution in [0.15, 0.2) is 12.2 Å². The van der Waals surface area contributed by atoms with E-state index >= 15 is 0 Å². The molecule has 0 amide bonds. The van der Waals surface area contributed by atoms with Crippen molar-refractivity contribution in [2.75, 3.05) is 0 Å². The highest BCUT2D eigenvalue weighted by Crippen LogP contribution is 2.78. The predicted octanol–water partition coefficient (Wildman–Crippen LogP) is 6.54. The average Bonchev–Trinajstić information content (AvgIpc) is 3.23. The molecule has 184 valence electrons. The van der Waals surface area contributed by atoms with Crippen LogP contribution in [0.1, 0.15) is 99.3 Å². The quantitative estimate of drug-likeness (QED) is 0.361. The van der Waals surface area contributed by atoms with Gasteiger partial charge in [-0.15, -0.1) is 0 Å². The number of carbonyl (C=O) groups excluding carboxylic acids is 1. The Labute approximate surface area is 201 Å². The Kier molecular flexibility index (Phi) is 4.44. The van der Waals surface area contributed by atoms with Gasteiger partial charge in [-0.3, -0.25) is 4.79 Å². The fourth-order valence-corrected chi connectivity index (χ4v) is 11.9. The van der Waals surface area contributed by atoms with Gasteiger partial charge in [0, 0.05) is 12.3 Å². The van der Waals surface area contributed by atoms with Gasteiger partial charge in [0.15, 0.2) is 0 Å². The van der Waals surface area contributed by atoms with E-state index in [2.05, 4.69) is 48.1 Å². The van der Waals surface area contributed by atoms with Crippen LogP contribution in [-0.2, 0) is 9.53 Å². The van der Waals surface area contributed by atoms with E-state index in [9.17, 15) is 9.90 Å². The highest BCUT2D eigenvalue weighted by atomic mass is 16.6. The molecule has 6 rings (SSSR count). The summed E-state index contributed by atoms with van der Waals surface area (Å²) in [5.74, 6) is 2.79. The molecule has 11 atom stereocenters. The number of hydrogen-bond donors (Lipinski definition) is 1. The topological polar surface area (TPSA) is 46.5 Å². The Morgan fingerprint density at radius 1 is 0.939 bits per heavy atom. The van der Waals surface area contributed by atoms with Crippen molar-refractivity contribution >= 4 is 5.97 Å². The molecule has 0 radical (unpaired) electrons. The number of hydrogen-bond acceptors (Lipinski definition) is 3. The molecule has 1 N–H and O–H groups in total. The first-order valence-electron chi connectivity index (χ1n) is 13.9. The van der Waals surface area contributed by atoms with Crippen molar-refractivity contribution in [1.82, 2.24) is 0 Å². The lowest BCUT2D eigenvalue weighted by molar-refractivity contribution is -0.250. The Morgan fingerprint density at radius 3 is 2.36 bits per heavy atom. The molecule has 0 aromatic heterocycles. The standard InChI is InChI=1S/C30H46O3/c1-17(2)23-19-16-30(25(32)33-19)15-14-28(6)18(24(23)30)8-9-21-27(5)12-11-22(31)26(3,4)20(27)10-13-29(21,28)7/h18-24,31H,1,8-16H2,2-7H3/t18-,19+,20+,21-,22+,23-,24+,27+,28-,29-,30-/m1/s1. The zero-order chi connectivity index (χ0) is 23.8. The van der Waals surface area contributed by atoms with Gasteiger partial charge in [0.05, 0.1) is 11.5 Å². The van der Waals surface area contributed by atoms with Gasteiger partial charge in [-0.2, -0.15) is 0 Å². The van der Waals surface area contributed by atoms with Crippen LogP contribution < -0.4 is 0 Å². The first-order valence-corrected chi connectivity index (χ1v) is 13.9. The molecule has 5 saturated carbocycles. The number of aliphatic hydroxyl groups excluding tert-OH is 1. The molecular formula is C30H46O3. The van der Waals surface area contributed by atoms with E-state index in [1.54, 1.807) is 0 Å². The first kappa shape index (κ1) is 22.6. The molecule has 1 saturated heterocycles. The normalized spacial score (nSPS) is 58.5. The minimum absolute atomic E-state index is 0.00210. The zero-order valence-electron chi connectivity index (χ0n) is 21.9. The summed E-state index contributed by atoms with van der Waals surface area (Å²) < 4.78 is 5.94. The zero-order valence-corrected chi connectivity index (χ0v) is 21.9. The smallest absolute Gasteiger partial charge is 0.312 e. The Balaban J connectivity index is 1.41. The van der Waals surface area contributed by atoms with Crippen LogP contribution in [0, 0.1) is 56.7 Å². The molecule has 0 aromatic carbocycles. The van der Waals surface area contributed by atoms with E-state index in [4.69, 9.17) is 4.74 Å². The maximum absolute atomic E-state index is 13.2. The molecule has 2 bridgehead atoms. The number of fused-ring (bicyclic) bond motifs is 7. The maximum atomic E-state index is 13.2. The van der Waals surface area contributed by atoms with Crippen LogP contribution in [-0.4, -0.2) is 23.3 Å². The predicted molar refractivity (Wildman–Crippen MR) is 130 cm³/mol. The van der Waals surface area contributed by atoms with Gasteiger partial charge in [0.2, 0.25) is 0 Å². The summed E-state index contributed by atoms with van der Waals surface area (Å²) in [6.07, 6.45) is 10.2. The van der Waals surface area contributed by atoms with Gasteiger partial charge in [0.25, 0.3) is 0 Å². The molecular weight excluding hydrogens is 408 g/mol. The van der Waals surface area contributed by atoms with Crippen LogP contribution >= 0.6 is 0 Å². The molecule has 33 heavy (non-hydrogen) atoms. The molecule has 1 aliphatic heterocycles. The Bertz CT molecular complexity index is 906. The van der Waals surface area contributed by atoms with Crippen molar-refractivity contribution < 1.29 is 14.6 Å². The van der Waals surface area contributed by atoms with Crippen LogP contribution in [0.5, 0.6) is 0 Å². The first-order chi connectivity index (χ1) is 15.3. The van der Waals surface area contributed by atoms with Gasteiger partial charge in [-0.05, 0) is 104 Å². The number of ether oxygens (including phenoxy) is 1. The average molecular weight is 455 g/mol. The lowest BCUT2D eigenvalue weighted by atomic mass is 9.32. The summed E-state index contributed by atoms with van der Waals surface area (Å²) in [6, 6.07) is 0. The summed E-state index contributed by atoms with van der Waals surface area (Å²) >= 11 is 0. The molecule has 6 fully saturated rings. The summed E-state index contributed by atoms with van der Waals surface area (Å²) in [6.45, 7) is 19.1. The van der Waals surface area contributed by atoms with E-state index < -0.39 is 0 Å². The second-order valence-corrected chi connectivity index (χ2v) is 14.7. The summed E-state index contributed by atoms with van der Waals surface area (Å²) in [4.78, 5) is 13.2. The second-order valence-electron chi connectivity index (χ2n) is 14.7. The van der Waals surface area contributed by atoms with Crippen LogP contribution in [0.3, 0.4) is 0 Å². The van der Waals surface area contributed by atoms with Crippen molar-refractivity contribution in [3.63, 3.8) is 0 Å². The number of esters is 1. The number of aliphatic hydroxyl groups is 1. The second kappa shape index (κ2) is 6.48. The lowest BCUT2D eigenvalue weighted by Crippen LogP contribution is -2.67. The molecule has 0 aromatic rings. The number of rotatable bonds is 1. The third-order valence-electron chi connectivity index (χ3n) is 13.7. The van der Waals surface area contributed by atoms with Crippen molar-refractivity contribution in [3.8, 4) is 0 Å². The number of carbonyl (C=O) groups is 1. The van der Waals surface area contributed by atoms with E-state index in [1.165, 1.54) is 44.1 Å². The largest absolute Gasteiger partial charge is 0.461 e. The van der Waals surface area contributed by atoms with Crippen LogP contribution in [0.2, 0.25) is 0 Å². The monoisotopic (exact) mass is 454 g/mol. The maximum Gasteiger partial charge on any atom is 0.312 e. The fourth-order valence-electron chi connectivity index (χ4n) is 11.9. The minimum Gasteiger partial charge on any atom is -0.461 e. The van der Waals surface area contributed by atoms with Gasteiger partial charge in [-0.25, -0.2) is 0 Å². The van der Waals surface area contributed by atoms with Crippen molar-refractivity contribution in [2.45, 2.75) is 112 Å². The Morgan fingerprint density at radius 2 is 1.67 bits per heavy atom. The van der Waals surface area contributed by atoms with Crippen LogP contribution in [0.25, 0.3) is 0 Å². The molecule has 6 aliphatic rings. The van der Waals surface area contributed by atoms with E-state index in [-0.39, 0.29) is 34.4 Å². The molecule has 3 heteroatoms. The minimum atomic E-state index is -0.236. The van der Waals surface area contributed by atoms with E-state index in [0.717, 1.165) is 19.3 Å². The van der Waals surface area contributed by atoms with Crippen LogP contribution in [0.4, 0.5) is 0 Å². The van der Waals surface area contributed by atoms with E-state index in [1.807, 2.05) is 0 Å². The van der Waals surface area contributed by atoms with Gasteiger partial charge < -0.3 is 9.84 Å². The molecule has 5 aliphatic carbocycles. The lowest BCUT2D eigenvalue weighted by Gasteiger charge is -2.72. The third kappa shape index (κ3) is 2.40. The third-order valence-corrected chi connectivity index (χ3v) is 13.7. The highest BCUT2D eigenvalue weighted by Gasteiger charge is 2.75. The Hall–Kier alpha value is -0.830. The fraction of sp³-hybridized carbons (Fsp3) is 0.900. The molecule has 0 unspecified atom stereocenters. The SMILES string of the molecule is C=C(C)[C@H]1[C@@H]2[C@H]3CC[C@@H]4[C@@]5(C)CC[C@H](O)C(C)(C)[C@@H]5CC[C@@]4(C)[C@]3(C)CC[C@@]23C[C@@H]1OC3=O. The van der Waals surface area contributed by atoms with E-state index in [0.29, 0.717) is 40.4 Å². The molecule has 1 heterocycles. The van der Waals surface area contributed by atoms with Crippen molar-refractivity contribution in [3.05, 3.63) is 12.2 Å². The summed E-state index contributed by atoms with van der Waals surface area (Å²) in [5.41, 5.74) is 1.86. The van der Waals surface area contributed by atoms with Gasteiger partial charge >= 0.3 is 5.97 Å². The van der Waals surface area contributed by atoms with Crippen molar-refractivity contribution in [2.24, 2.45) is 56.7 Å². The summed E-state index contributed by atoms with van der Waals surface area (Å²) in [5, 5.41) is 10.9. The summed E-state index contributed by atoms with van der Waals surface area (Å²) in [7, 11) is 0. The van der Waals surface area contributed by atoms with Crippen molar-refractivity contribution in [1.29, 1.82) is 0 Å².